The predicted octanol–water partition coefficient (Wildman–Crippen LogP) is 3.64. The number of rotatable bonds is 4. The van der Waals surface area contributed by atoms with Gasteiger partial charge in [0.1, 0.15) is 0 Å². The second kappa shape index (κ2) is 5.81. The SMILES string of the molecule is Cc1ccc(Nc2ccc(NC(=O)C3CC3)nn2)cc1Br. The van der Waals surface area contributed by atoms with E-state index in [2.05, 4.69) is 36.8 Å². The molecule has 1 fully saturated rings. The molecule has 3 rings (SSSR count). The largest absolute Gasteiger partial charge is 0.339 e. The van der Waals surface area contributed by atoms with Crippen molar-refractivity contribution < 1.29 is 4.79 Å². The molecule has 1 aromatic heterocycles. The monoisotopic (exact) mass is 346 g/mol. The fourth-order valence-electron chi connectivity index (χ4n) is 1.86. The van der Waals surface area contributed by atoms with Crippen LogP contribution < -0.4 is 10.6 Å². The number of nitrogens with one attached hydrogen (secondary N) is 2. The van der Waals surface area contributed by atoms with Crippen LogP contribution in [0, 0.1) is 12.8 Å². The van der Waals surface area contributed by atoms with Crippen molar-refractivity contribution in [2.45, 2.75) is 19.8 Å². The van der Waals surface area contributed by atoms with E-state index in [4.69, 9.17) is 0 Å². The minimum absolute atomic E-state index is 0.0347. The minimum Gasteiger partial charge on any atom is -0.339 e. The quantitative estimate of drug-likeness (QED) is 0.886. The summed E-state index contributed by atoms with van der Waals surface area (Å²) in [7, 11) is 0. The molecule has 0 unspecified atom stereocenters. The van der Waals surface area contributed by atoms with Gasteiger partial charge < -0.3 is 10.6 Å². The molecule has 0 spiro atoms. The first kappa shape index (κ1) is 14.0. The number of hydrogen-bond donors (Lipinski definition) is 2. The van der Waals surface area contributed by atoms with Crippen molar-refractivity contribution in [3.63, 3.8) is 0 Å². The summed E-state index contributed by atoms with van der Waals surface area (Å²) in [5.41, 5.74) is 2.10. The summed E-state index contributed by atoms with van der Waals surface area (Å²) in [6.07, 6.45) is 1.95. The van der Waals surface area contributed by atoms with Crippen LogP contribution in [0.5, 0.6) is 0 Å². The molecule has 0 bridgehead atoms. The molecule has 2 N–H and O–H groups in total. The number of hydrogen-bond acceptors (Lipinski definition) is 4. The summed E-state index contributed by atoms with van der Waals surface area (Å²) in [4.78, 5) is 11.6. The predicted molar refractivity (Wildman–Crippen MR) is 85.5 cm³/mol. The van der Waals surface area contributed by atoms with Gasteiger partial charge in [0, 0.05) is 16.1 Å². The van der Waals surface area contributed by atoms with Crippen molar-refractivity contribution >= 4 is 39.2 Å². The van der Waals surface area contributed by atoms with E-state index in [0.717, 1.165) is 23.0 Å². The highest BCUT2D eigenvalue weighted by atomic mass is 79.9. The van der Waals surface area contributed by atoms with Crippen molar-refractivity contribution in [1.82, 2.24) is 10.2 Å². The second-order valence-electron chi connectivity index (χ2n) is 5.16. The van der Waals surface area contributed by atoms with Gasteiger partial charge in [-0.2, -0.15) is 0 Å². The van der Waals surface area contributed by atoms with Crippen molar-refractivity contribution in [2.75, 3.05) is 10.6 Å². The third-order valence-corrected chi connectivity index (χ3v) is 4.16. The maximum absolute atomic E-state index is 11.6. The van der Waals surface area contributed by atoms with Crippen molar-refractivity contribution in [3.05, 3.63) is 40.4 Å². The van der Waals surface area contributed by atoms with Crippen molar-refractivity contribution in [3.8, 4) is 0 Å². The van der Waals surface area contributed by atoms with E-state index >= 15 is 0 Å². The molecule has 6 heteroatoms. The summed E-state index contributed by atoms with van der Waals surface area (Å²) >= 11 is 3.49. The Labute approximate surface area is 131 Å². The number of halogens is 1. The highest BCUT2D eigenvalue weighted by molar-refractivity contribution is 9.10. The molecule has 21 heavy (non-hydrogen) atoms. The van der Waals surface area contributed by atoms with Gasteiger partial charge in [0.25, 0.3) is 0 Å². The van der Waals surface area contributed by atoms with E-state index in [1.54, 1.807) is 12.1 Å². The Morgan fingerprint density at radius 1 is 1.19 bits per heavy atom. The molecule has 2 aromatic rings. The third-order valence-electron chi connectivity index (χ3n) is 3.31. The van der Waals surface area contributed by atoms with E-state index in [-0.39, 0.29) is 11.8 Å². The number of aromatic nitrogens is 2. The van der Waals surface area contributed by atoms with Crippen molar-refractivity contribution in [2.24, 2.45) is 5.92 Å². The lowest BCUT2D eigenvalue weighted by molar-refractivity contribution is -0.117. The maximum atomic E-state index is 11.6. The van der Waals surface area contributed by atoms with Crippen LogP contribution in [0.2, 0.25) is 0 Å². The summed E-state index contributed by atoms with van der Waals surface area (Å²) in [5, 5.41) is 14.0. The first-order valence-corrected chi connectivity index (χ1v) is 7.59. The van der Waals surface area contributed by atoms with E-state index < -0.39 is 0 Å². The van der Waals surface area contributed by atoms with Crippen LogP contribution in [0.1, 0.15) is 18.4 Å². The molecule has 0 aliphatic heterocycles. The summed E-state index contributed by atoms with van der Waals surface area (Å²) in [6.45, 7) is 2.03. The van der Waals surface area contributed by atoms with Gasteiger partial charge >= 0.3 is 0 Å². The first-order valence-electron chi connectivity index (χ1n) is 6.79. The lowest BCUT2D eigenvalue weighted by atomic mass is 10.2. The van der Waals surface area contributed by atoms with Gasteiger partial charge in [0.2, 0.25) is 5.91 Å². The Morgan fingerprint density at radius 3 is 2.52 bits per heavy atom. The minimum atomic E-state index is 0.0347. The maximum Gasteiger partial charge on any atom is 0.228 e. The molecule has 0 radical (unpaired) electrons. The lowest BCUT2D eigenvalue weighted by Gasteiger charge is -2.08. The number of nitrogens with zero attached hydrogens (tertiary/aromatic N) is 2. The van der Waals surface area contributed by atoms with E-state index in [1.807, 2.05) is 25.1 Å². The number of anilines is 3. The zero-order chi connectivity index (χ0) is 14.8. The van der Waals surface area contributed by atoms with E-state index in [1.165, 1.54) is 5.56 Å². The molecule has 1 aliphatic rings. The average Bonchev–Trinajstić information content (AvgIpc) is 3.30. The number of benzene rings is 1. The summed E-state index contributed by atoms with van der Waals surface area (Å²) < 4.78 is 1.04. The molecule has 5 nitrogen and oxygen atoms in total. The van der Waals surface area contributed by atoms with Gasteiger partial charge in [-0.1, -0.05) is 22.0 Å². The number of carbonyl (C=O) groups is 1. The van der Waals surface area contributed by atoms with Crippen LogP contribution in [0.3, 0.4) is 0 Å². The fourth-order valence-corrected chi connectivity index (χ4v) is 2.24. The van der Waals surface area contributed by atoms with Crippen LogP contribution in [-0.4, -0.2) is 16.1 Å². The second-order valence-corrected chi connectivity index (χ2v) is 6.01. The van der Waals surface area contributed by atoms with Gasteiger partial charge in [0.05, 0.1) is 0 Å². The summed E-state index contributed by atoms with van der Waals surface area (Å²) in [6, 6.07) is 9.52. The third kappa shape index (κ3) is 3.58. The molecule has 1 amide bonds. The molecule has 1 aliphatic carbocycles. The highest BCUT2D eigenvalue weighted by Gasteiger charge is 2.29. The van der Waals surface area contributed by atoms with Gasteiger partial charge in [-0.25, -0.2) is 0 Å². The van der Waals surface area contributed by atoms with Crippen LogP contribution in [-0.2, 0) is 4.79 Å². The average molecular weight is 347 g/mol. The van der Waals surface area contributed by atoms with Crippen LogP contribution >= 0.6 is 15.9 Å². The molecule has 1 saturated carbocycles. The van der Waals surface area contributed by atoms with Crippen molar-refractivity contribution in [1.29, 1.82) is 0 Å². The molecule has 0 atom stereocenters. The Morgan fingerprint density at radius 2 is 1.90 bits per heavy atom. The smallest absolute Gasteiger partial charge is 0.228 e. The standard InChI is InChI=1S/C15H15BrN4O/c1-9-2-5-11(8-12(9)16)17-13-6-7-14(20-19-13)18-15(21)10-3-4-10/h2,5-8,10H,3-4H2,1H3,(H,17,19)(H,18,20,21). The molecular formula is C15H15BrN4O. The first-order chi connectivity index (χ1) is 10.1. The molecule has 1 heterocycles. The Bertz CT molecular complexity index is 668. The normalized spacial score (nSPS) is 13.8. The topological polar surface area (TPSA) is 66.9 Å². The van der Waals surface area contributed by atoms with Crippen LogP contribution in [0.4, 0.5) is 17.3 Å². The van der Waals surface area contributed by atoms with Gasteiger partial charge in [-0.05, 0) is 49.6 Å². The van der Waals surface area contributed by atoms with E-state index in [0.29, 0.717) is 11.6 Å². The summed E-state index contributed by atoms with van der Waals surface area (Å²) in [5.74, 6) is 1.32. The number of carbonyl (C=O) groups excluding carboxylic acids is 1. The van der Waals surface area contributed by atoms with Crippen LogP contribution in [0.25, 0.3) is 0 Å². The highest BCUT2D eigenvalue weighted by Crippen LogP contribution is 2.30. The van der Waals surface area contributed by atoms with Gasteiger partial charge in [-0.3, -0.25) is 4.79 Å². The Balaban J connectivity index is 1.65. The van der Waals surface area contributed by atoms with Gasteiger partial charge in [0.15, 0.2) is 11.6 Å². The van der Waals surface area contributed by atoms with Gasteiger partial charge in [-0.15, -0.1) is 10.2 Å². The number of aryl methyl sites for hydroxylation is 1. The molecule has 108 valence electrons. The fraction of sp³-hybridized carbons (Fsp3) is 0.267. The number of amides is 1. The zero-order valence-electron chi connectivity index (χ0n) is 11.6. The zero-order valence-corrected chi connectivity index (χ0v) is 13.1. The molecule has 1 aromatic carbocycles. The van der Waals surface area contributed by atoms with E-state index in [9.17, 15) is 4.79 Å². The lowest BCUT2D eigenvalue weighted by Crippen LogP contribution is -2.14. The Hall–Kier alpha value is -1.95. The van der Waals surface area contributed by atoms with Crippen LogP contribution in [0.15, 0.2) is 34.8 Å². The Kier molecular flexibility index (Phi) is 3.88. The molecular weight excluding hydrogens is 332 g/mol. The molecule has 0 saturated heterocycles.